The van der Waals surface area contributed by atoms with E-state index in [1.54, 1.807) is 0 Å². The van der Waals surface area contributed by atoms with E-state index in [1.165, 1.54) is 64.2 Å². The van der Waals surface area contributed by atoms with Crippen LogP contribution in [0.25, 0.3) is 0 Å². The molecule has 4 heteroatoms. The van der Waals surface area contributed by atoms with E-state index >= 15 is 0 Å². The van der Waals surface area contributed by atoms with Gasteiger partial charge in [0.05, 0.1) is 6.61 Å². The molecule has 0 bridgehead atoms. The maximum atomic E-state index is 12.6. The molecule has 172 valence electrons. The van der Waals surface area contributed by atoms with Crippen LogP contribution in [0.3, 0.4) is 0 Å². The second-order valence-electron chi connectivity index (χ2n) is 8.57. The van der Waals surface area contributed by atoms with Crippen LogP contribution in [0.2, 0.25) is 0 Å². The molecule has 1 aromatic carbocycles. The number of piperidine rings is 1. The average molecular weight is 438 g/mol. The van der Waals surface area contributed by atoms with Crippen molar-refractivity contribution in [2.45, 2.75) is 97.3 Å². The highest BCUT2D eigenvalue weighted by Gasteiger charge is 2.14. The molecule has 0 aromatic heterocycles. The van der Waals surface area contributed by atoms with Crippen LogP contribution < -0.4 is 4.74 Å². The number of Topliss-reactive ketones (excluding diaryl/α,β-unsaturated/α-hetero) is 1. The molecule has 1 aliphatic rings. The largest absolute Gasteiger partial charge is 0.493 e. The summed E-state index contributed by atoms with van der Waals surface area (Å²) in [7, 11) is 0. The molecule has 0 radical (unpaired) electrons. The van der Waals surface area contributed by atoms with E-state index < -0.39 is 0 Å². The summed E-state index contributed by atoms with van der Waals surface area (Å²) in [5, 5.41) is 0. The zero-order valence-corrected chi connectivity index (χ0v) is 20.2. The second-order valence-corrected chi connectivity index (χ2v) is 8.57. The third kappa shape index (κ3) is 10.3. The summed E-state index contributed by atoms with van der Waals surface area (Å²) in [5.41, 5.74) is 2.01. The van der Waals surface area contributed by atoms with Gasteiger partial charge < -0.3 is 9.64 Å². The van der Waals surface area contributed by atoms with Crippen molar-refractivity contribution in [3.05, 3.63) is 29.3 Å². The van der Waals surface area contributed by atoms with Gasteiger partial charge in [-0.2, -0.15) is 0 Å². The number of hydrogen-bond acceptors (Lipinski definition) is 3. The van der Waals surface area contributed by atoms with Gasteiger partial charge in [0.1, 0.15) is 5.75 Å². The second kappa shape index (κ2) is 16.6. The lowest BCUT2D eigenvalue weighted by atomic mass is 10.0. The number of rotatable bonds is 15. The Morgan fingerprint density at radius 2 is 1.60 bits per heavy atom. The zero-order chi connectivity index (χ0) is 20.7. The Morgan fingerprint density at radius 3 is 2.27 bits per heavy atom. The smallest absolute Gasteiger partial charge is 0.164 e. The van der Waals surface area contributed by atoms with Crippen molar-refractivity contribution in [1.82, 2.24) is 4.90 Å². The van der Waals surface area contributed by atoms with Gasteiger partial charge in [0.15, 0.2) is 5.78 Å². The summed E-state index contributed by atoms with van der Waals surface area (Å²) in [6, 6.07) is 6.03. The van der Waals surface area contributed by atoms with Gasteiger partial charge in [0, 0.05) is 18.5 Å². The van der Waals surface area contributed by atoms with Crippen molar-refractivity contribution in [3.8, 4) is 5.75 Å². The van der Waals surface area contributed by atoms with E-state index in [9.17, 15) is 4.79 Å². The number of ketones is 1. The standard InChI is InChI=1S/C26H43NO2.ClH/c1-3-5-6-7-8-9-10-14-21-29-26-16-15-24(22-23(26)4-2)25(28)17-20-27-18-12-11-13-19-27;/h15-16,22H,3-14,17-21H2,1-2H3;1H. The molecule has 1 aromatic rings. The van der Waals surface area contributed by atoms with Crippen molar-refractivity contribution < 1.29 is 9.53 Å². The van der Waals surface area contributed by atoms with Crippen LogP contribution in [-0.2, 0) is 6.42 Å². The fourth-order valence-corrected chi connectivity index (χ4v) is 4.18. The Morgan fingerprint density at radius 1 is 0.933 bits per heavy atom. The molecule has 0 aliphatic carbocycles. The lowest BCUT2D eigenvalue weighted by molar-refractivity contribution is 0.0958. The Hall–Kier alpha value is -1.06. The minimum atomic E-state index is 0. The van der Waals surface area contributed by atoms with Crippen molar-refractivity contribution in [2.75, 3.05) is 26.2 Å². The third-order valence-electron chi connectivity index (χ3n) is 6.12. The van der Waals surface area contributed by atoms with Crippen molar-refractivity contribution >= 4 is 18.2 Å². The Kier molecular flexibility index (Phi) is 14.9. The van der Waals surface area contributed by atoms with Gasteiger partial charge in [-0.3, -0.25) is 4.79 Å². The van der Waals surface area contributed by atoms with E-state index in [2.05, 4.69) is 24.8 Å². The zero-order valence-electron chi connectivity index (χ0n) is 19.4. The molecule has 0 N–H and O–H groups in total. The molecule has 0 saturated carbocycles. The molecular formula is C26H44ClNO2. The summed E-state index contributed by atoms with van der Waals surface area (Å²) in [4.78, 5) is 15.1. The van der Waals surface area contributed by atoms with Crippen LogP contribution in [-0.4, -0.2) is 36.9 Å². The number of carbonyl (C=O) groups excluding carboxylic acids is 1. The van der Waals surface area contributed by atoms with Crippen LogP contribution >= 0.6 is 12.4 Å². The number of aryl methyl sites for hydroxylation is 1. The van der Waals surface area contributed by atoms with Crippen molar-refractivity contribution in [2.24, 2.45) is 0 Å². The first-order chi connectivity index (χ1) is 14.2. The molecule has 1 aliphatic heterocycles. The molecule has 30 heavy (non-hydrogen) atoms. The van der Waals surface area contributed by atoms with Crippen LogP contribution in [0, 0.1) is 0 Å². The van der Waals surface area contributed by atoms with E-state index in [4.69, 9.17) is 4.74 Å². The normalized spacial score (nSPS) is 14.3. The number of benzene rings is 1. The summed E-state index contributed by atoms with van der Waals surface area (Å²) < 4.78 is 6.04. The van der Waals surface area contributed by atoms with Crippen LogP contribution in [0.4, 0.5) is 0 Å². The predicted molar refractivity (Wildman–Crippen MR) is 130 cm³/mol. The van der Waals surface area contributed by atoms with Gasteiger partial charge in [-0.1, -0.05) is 65.2 Å². The summed E-state index contributed by atoms with van der Waals surface area (Å²) in [6.45, 7) is 8.39. The first-order valence-corrected chi connectivity index (χ1v) is 12.3. The molecule has 0 spiro atoms. The summed E-state index contributed by atoms with van der Waals surface area (Å²) >= 11 is 0. The minimum Gasteiger partial charge on any atom is -0.493 e. The van der Waals surface area contributed by atoms with Gasteiger partial charge in [-0.15, -0.1) is 12.4 Å². The molecule has 0 atom stereocenters. The SMILES string of the molecule is CCCCCCCCCCOc1ccc(C(=O)CCN2CCCCC2)cc1CC.Cl. The van der Waals surface area contributed by atoms with Crippen LogP contribution in [0.5, 0.6) is 5.75 Å². The van der Waals surface area contributed by atoms with E-state index in [0.29, 0.717) is 6.42 Å². The number of likely N-dealkylation sites (tertiary alicyclic amines) is 1. The van der Waals surface area contributed by atoms with E-state index in [0.717, 1.165) is 56.0 Å². The van der Waals surface area contributed by atoms with Gasteiger partial charge in [0.25, 0.3) is 0 Å². The van der Waals surface area contributed by atoms with Crippen molar-refractivity contribution in [1.29, 1.82) is 0 Å². The molecular weight excluding hydrogens is 394 g/mol. The highest BCUT2D eigenvalue weighted by molar-refractivity contribution is 5.96. The monoisotopic (exact) mass is 437 g/mol. The molecule has 3 nitrogen and oxygen atoms in total. The Balaban J connectivity index is 0.00000450. The topological polar surface area (TPSA) is 29.5 Å². The number of hydrogen-bond donors (Lipinski definition) is 0. The molecule has 1 heterocycles. The lowest BCUT2D eigenvalue weighted by Gasteiger charge is -2.26. The first kappa shape index (κ1) is 27.0. The molecule has 2 rings (SSSR count). The number of nitrogens with zero attached hydrogens (tertiary/aromatic N) is 1. The molecule has 1 saturated heterocycles. The van der Waals surface area contributed by atoms with E-state index in [-0.39, 0.29) is 18.2 Å². The third-order valence-corrected chi connectivity index (χ3v) is 6.12. The fraction of sp³-hybridized carbons (Fsp3) is 0.731. The minimum absolute atomic E-state index is 0. The van der Waals surface area contributed by atoms with Crippen LogP contribution in [0.1, 0.15) is 107 Å². The number of carbonyl (C=O) groups is 1. The van der Waals surface area contributed by atoms with Gasteiger partial charge >= 0.3 is 0 Å². The summed E-state index contributed by atoms with van der Waals surface area (Å²) in [5.74, 6) is 1.22. The maximum Gasteiger partial charge on any atom is 0.164 e. The van der Waals surface area contributed by atoms with Crippen molar-refractivity contribution in [3.63, 3.8) is 0 Å². The highest BCUT2D eigenvalue weighted by Crippen LogP contribution is 2.22. The number of ether oxygens (including phenoxy) is 1. The van der Waals surface area contributed by atoms with E-state index in [1.807, 2.05) is 12.1 Å². The summed E-state index contributed by atoms with van der Waals surface area (Å²) in [6.07, 6.45) is 15.9. The number of halogens is 1. The fourth-order valence-electron chi connectivity index (χ4n) is 4.18. The highest BCUT2D eigenvalue weighted by atomic mass is 35.5. The van der Waals surface area contributed by atoms with Gasteiger partial charge in [0.2, 0.25) is 0 Å². The molecule has 0 unspecified atom stereocenters. The Labute approximate surface area is 191 Å². The predicted octanol–water partition coefficient (Wildman–Crippen LogP) is 7.25. The quantitative estimate of drug-likeness (QED) is 0.214. The maximum absolute atomic E-state index is 12.6. The van der Waals surface area contributed by atoms with Gasteiger partial charge in [-0.25, -0.2) is 0 Å². The molecule has 0 amide bonds. The average Bonchev–Trinajstić information content (AvgIpc) is 2.77. The molecule has 1 fully saturated rings. The van der Waals surface area contributed by atoms with Gasteiger partial charge in [-0.05, 0) is 62.5 Å². The number of unbranched alkanes of at least 4 members (excludes halogenated alkanes) is 7. The first-order valence-electron chi connectivity index (χ1n) is 12.3. The lowest BCUT2D eigenvalue weighted by Crippen LogP contribution is -2.31. The van der Waals surface area contributed by atoms with Crippen LogP contribution in [0.15, 0.2) is 18.2 Å². The Bertz CT molecular complexity index is 584.